The molecule has 0 aliphatic carbocycles. The Morgan fingerprint density at radius 3 is 2.56 bits per heavy atom. The van der Waals surface area contributed by atoms with Crippen molar-refractivity contribution in [2.45, 2.75) is 36.7 Å². The molecule has 0 spiro atoms. The summed E-state index contributed by atoms with van der Waals surface area (Å²) in [4.78, 5) is 22.3. The van der Waals surface area contributed by atoms with Crippen LogP contribution in [0.4, 0.5) is 0 Å². The van der Waals surface area contributed by atoms with Crippen molar-refractivity contribution in [3.05, 3.63) is 53.6 Å². The molecule has 2 N–H and O–H groups in total. The summed E-state index contributed by atoms with van der Waals surface area (Å²) in [6.45, 7) is 1.89. The van der Waals surface area contributed by atoms with Crippen LogP contribution in [-0.2, 0) is 16.9 Å². The number of thioether (sulfide) groups is 1. The maximum atomic E-state index is 12.1. The zero-order valence-electron chi connectivity index (χ0n) is 14.5. The molecule has 2 heterocycles. The molecule has 1 saturated heterocycles. The number of aromatic amines is 1. The predicted octanol–water partition coefficient (Wildman–Crippen LogP) is 2.56. The number of rotatable bonds is 7. The molecule has 1 aliphatic rings. The molecule has 134 valence electrons. The molecule has 2 aromatic rings. The molecular formula is C19H25N3O2S. The van der Waals surface area contributed by atoms with Gasteiger partial charge in [0.2, 0.25) is 0 Å². The van der Waals surface area contributed by atoms with Crippen LogP contribution < -0.4 is 0 Å². The summed E-state index contributed by atoms with van der Waals surface area (Å²) >= 11 is 1.55. The summed E-state index contributed by atoms with van der Waals surface area (Å²) in [6, 6.07) is 7.91. The van der Waals surface area contributed by atoms with Crippen LogP contribution in [0.15, 0.2) is 36.7 Å². The summed E-state index contributed by atoms with van der Waals surface area (Å²) < 4.78 is 0. The van der Waals surface area contributed by atoms with Crippen molar-refractivity contribution in [2.24, 2.45) is 0 Å². The van der Waals surface area contributed by atoms with Gasteiger partial charge in [0, 0.05) is 12.4 Å². The summed E-state index contributed by atoms with van der Waals surface area (Å²) in [5.41, 5.74) is 1.27. The monoisotopic (exact) mass is 359 g/mol. The Labute approximate surface area is 152 Å². The second-order valence-electron chi connectivity index (χ2n) is 6.40. The lowest BCUT2D eigenvalue weighted by atomic mass is 9.82. The van der Waals surface area contributed by atoms with E-state index in [-0.39, 0.29) is 11.9 Å². The topological polar surface area (TPSA) is 69.2 Å². The normalized spacial score (nSPS) is 19.3. The molecule has 2 unspecified atom stereocenters. The Kier molecular flexibility index (Phi) is 5.93. The minimum Gasteiger partial charge on any atom is -0.392 e. The molecule has 0 saturated carbocycles. The van der Waals surface area contributed by atoms with E-state index in [4.69, 9.17) is 0 Å². The Morgan fingerprint density at radius 1 is 1.32 bits per heavy atom. The van der Waals surface area contributed by atoms with Crippen molar-refractivity contribution in [3.8, 4) is 0 Å². The van der Waals surface area contributed by atoms with E-state index in [1.807, 2.05) is 36.7 Å². The number of imidazole rings is 1. The number of H-pyrrole nitrogens is 1. The Hall–Kier alpha value is -1.63. The predicted molar refractivity (Wildman–Crippen MR) is 101 cm³/mol. The van der Waals surface area contributed by atoms with Gasteiger partial charge in [-0.3, -0.25) is 4.90 Å². The highest BCUT2D eigenvalue weighted by Crippen LogP contribution is 2.42. The number of benzene rings is 1. The van der Waals surface area contributed by atoms with Gasteiger partial charge in [-0.25, -0.2) is 4.98 Å². The van der Waals surface area contributed by atoms with Gasteiger partial charge in [0.25, 0.3) is 0 Å². The summed E-state index contributed by atoms with van der Waals surface area (Å²) in [5, 5.41) is 9.10. The fraction of sp³-hybridized carbons (Fsp3) is 0.474. The zero-order chi connectivity index (χ0) is 17.7. The van der Waals surface area contributed by atoms with E-state index in [1.54, 1.807) is 18.0 Å². The lowest BCUT2D eigenvalue weighted by Gasteiger charge is -2.47. The second kappa shape index (κ2) is 8.17. The van der Waals surface area contributed by atoms with Gasteiger partial charge in [-0.2, -0.15) is 11.8 Å². The van der Waals surface area contributed by atoms with Crippen LogP contribution in [0.3, 0.4) is 0 Å². The van der Waals surface area contributed by atoms with Crippen molar-refractivity contribution >= 4 is 18.0 Å². The summed E-state index contributed by atoms with van der Waals surface area (Å²) in [6.07, 6.45) is 10.1. The highest BCUT2D eigenvalue weighted by molar-refractivity contribution is 7.99. The number of aliphatic hydroxyl groups excluding tert-OH is 1. The Balaban J connectivity index is 2.20. The minimum atomic E-state index is -0.626. The largest absolute Gasteiger partial charge is 0.392 e. The number of likely N-dealkylation sites (tertiary alicyclic amines) is 1. The molecule has 1 fully saturated rings. The van der Waals surface area contributed by atoms with Crippen LogP contribution in [0, 0.1) is 0 Å². The van der Waals surface area contributed by atoms with Gasteiger partial charge in [0.1, 0.15) is 17.6 Å². The number of aromatic nitrogens is 2. The van der Waals surface area contributed by atoms with Crippen molar-refractivity contribution in [1.82, 2.24) is 14.9 Å². The lowest BCUT2D eigenvalue weighted by Crippen LogP contribution is -2.56. The van der Waals surface area contributed by atoms with Crippen molar-refractivity contribution in [2.75, 3.05) is 19.3 Å². The van der Waals surface area contributed by atoms with Crippen LogP contribution in [-0.4, -0.2) is 50.9 Å². The second-order valence-corrected chi connectivity index (χ2v) is 7.38. The first kappa shape index (κ1) is 18.2. The maximum Gasteiger partial charge on any atom is 0.135 e. The SMILES string of the molecule is CSC(C=O)C(c1ccc(CO)cc1)(c1ncc[nH]1)N1CCCCC1. The van der Waals surface area contributed by atoms with Crippen LogP contribution in [0.1, 0.15) is 36.2 Å². The van der Waals surface area contributed by atoms with Crippen LogP contribution >= 0.6 is 11.8 Å². The van der Waals surface area contributed by atoms with Gasteiger partial charge in [0.15, 0.2) is 0 Å². The first-order valence-electron chi connectivity index (χ1n) is 8.70. The molecule has 2 atom stereocenters. The number of aldehydes is 1. The smallest absolute Gasteiger partial charge is 0.135 e. The average Bonchev–Trinajstić information content (AvgIpc) is 3.22. The van der Waals surface area contributed by atoms with Gasteiger partial charge in [-0.1, -0.05) is 30.7 Å². The van der Waals surface area contributed by atoms with Crippen LogP contribution in [0.2, 0.25) is 0 Å². The quantitative estimate of drug-likeness (QED) is 0.744. The van der Waals surface area contributed by atoms with Gasteiger partial charge < -0.3 is 14.9 Å². The molecular weight excluding hydrogens is 334 g/mol. The van der Waals surface area contributed by atoms with Gasteiger partial charge in [0.05, 0.1) is 11.9 Å². The van der Waals surface area contributed by atoms with Crippen LogP contribution in [0.5, 0.6) is 0 Å². The molecule has 1 aromatic heterocycles. The standard InChI is InChI=1S/C19H25N3O2S/c1-25-17(14-24)19(18-20-9-10-21-18,22-11-3-2-4-12-22)16-7-5-15(13-23)6-8-16/h5-10,14,17,23H,2-4,11-13H2,1H3,(H,20,21). The average molecular weight is 359 g/mol. The number of nitrogens with zero attached hydrogens (tertiary/aromatic N) is 2. The molecule has 1 aromatic carbocycles. The van der Waals surface area contributed by atoms with E-state index in [0.717, 1.165) is 49.2 Å². The third-order valence-corrected chi connectivity index (χ3v) is 6.04. The van der Waals surface area contributed by atoms with E-state index in [1.165, 1.54) is 6.42 Å². The number of carbonyl (C=O) groups excluding carboxylic acids is 1. The number of nitrogens with one attached hydrogen (secondary N) is 1. The summed E-state index contributed by atoms with van der Waals surface area (Å²) in [7, 11) is 0. The van der Waals surface area contributed by atoms with Gasteiger partial charge in [-0.15, -0.1) is 0 Å². The third kappa shape index (κ3) is 3.26. The fourth-order valence-electron chi connectivity index (χ4n) is 3.86. The van der Waals surface area contributed by atoms with Crippen molar-refractivity contribution < 1.29 is 9.90 Å². The van der Waals surface area contributed by atoms with E-state index < -0.39 is 5.54 Å². The molecule has 0 bridgehead atoms. The molecule has 6 heteroatoms. The number of hydrogen-bond acceptors (Lipinski definition) is 5. The Morgan fingerprint density at radius 2 is 2.04 bits per heavy atom. The maximum absolute atomic E-state index is 12.1. The third-order valence-electron chi connectivity index (χ3n) is 5.08. The van der Waals surface area contributed by atoms with E-state index in [2.05, 4.69) is 14.9 Å². The molecule has 0 radical (unpaired) electrons. The fourth-order valence-corrected chi connectivity index (χ4v) is 4.71. The molecule has 25 heavy (non-hydrogen) atoms. The number of hydrogen-bond donors (Lipinski definition) is 2. The molecule has 3 rings (SSSR count). The van der Waals surface area contributed by atoms with E-state index >= 15 is 0 Å². The minimum absolute atomic E-state index is 0.0113. The van der Waals surface area contributed by atoms with Crippen molar-refractivity contribution in [3.63, 3.8) is 0 Å². The van der Waals surface area contributed by atoms with E-state index in [0.29, 0.717) is 0 Å². The molecule has 1 aliphatic heterocycles. The van der Waals surface area contributed by atoms with Gasteiger partial charge >= 0.3 is 0 Å². The highest BCUT2D eigenvalue weighted by Gasteiger charge is 2.49. The number of piperidine rings is 1. The summed E-state index contributed by atoms with van der Waals surface area (Å²) in [5.74, 6) is 0.803. The molecule has 5 nitrogen and oxygen atoms in total. The lowest BCUT2D eigenvalue weighted by molar-refractivity contribution is -0.109. The number of aliphatic hydroxyl groups is 1. The van der Waals surface area contributed by atoms with E-state index in [9.17, 15) is 9.90 Å². The van der Waals surface area contributed by atoms with Gasteiger partial charge in [-0.05, 0) is 43.3 Å². The zero-order valence-corrected chi connectivity index (χ0v) is 15.3. The van der Waals surface area contributed by atoms with Crippen LogP contribution in [0.25, 0.3) is 0 Å². The number of carbonyl (C=O) groups is 1. The Bertz CT molecular complexity index is 668. The van der Waals surface area contributed by atoms with Crippen molar-refractivity contribution in [1.29, 1.82) is 0 Å². The first-order valence-corrected chi connectivity index (χ1v) is 9.99. The highest BCUT2D eigenvalue weighted by atomic mass is 32.2. The molecule has 0 amide bonds. The first-order chi connectivity index (χ1) is 12.3.